The van der Waals surface area contributed by atoms with E-state index in [1.165, 1.54) is 0 Å². The lowest BCUT2D eigenvalue weighted by atomic mass is 10.3. The van der Waals surface area contributed by atoms with E-state index in [0.717, 1.165) is 10.6 Å². The molecule has 0 saturated carbocycles. The van der Waals surface area contributed by atoms with Crippen LogP contribution in [0.1, 0.15) is 6.42 Å². The van der Waals surface area contributed by atoms with Gasteiger partial charge in [0.05, 0.1) is 12.7 Å². The van der Waals surface area contributed by atoms with Gasteiger partial charge in [-0.25, -0.2) is 0 Å². The molecule has 0 amide bonds. The molecule has 0 aliphatic carbocycles. The van der Waals surface area contributed by atoms with E-state index in [-0.39, 0.29) is 6.61 Å². The molecule has 20 heavy (non-hydrogen) atoms. The molecule has 0 saturated heterocycles. The second-order valence-electron chi connectivity index (χ2n) is 4.76. The Kier molecular flexibility index (Phi) is 5.13. The number of rotatable bonds is 6. The topological polar surface area (TPSA) is 57.5 Å². The third kappa shape index (κ3) is 3.37. The van der Waals surface area contributed by atoms with Crippen LogP contribution in [-0.4, -0.2) is 29.1 Å². The quantitative estimate of drug-likeness (QED) is 0.797. The van der Waals surface area contributed by atoms with Gasteiger partial charge in [0.15, 0.2) is 0 Å². The summed E-state index contributed by atoms with van der Waals surface area (Å²) in [5, 5.41) is 20.1. The molecule has 0 aliphatic heterocycles. The number of aliphatic hydroxyl groups is 2. The molecule has 0 heterocycles. The van der Waals surface area contributed by atoms with Gasteiger partial charge in [-0.05, 0) is 6.42 Å². The second-order valence-corrected chi connectivity index (χ2v) is 7.72. The van der Waals surface area contributed by atoms with E-state index in [1.807, 2.05) is 60.7 Å². The zero-order chi connectivity index (χ0) is 14.4. The van der Waals surface area contributed by atoms with Crippen LogP contribution in [0.4, 0.5) is 0 Å². The first kappa shape index (κ1) is 15.0. The van der Waals surface area contributed by atoms with Gasteiger partial charge in [-0.3, -0.25) is 0 Å². The molecule has 0 aliphatic rings. The van der Waals surface area contributed by atoms with Crippen molar-refractivity contribution in [3.8, 4) is 0 Å². The summed E-state index contributed by atoms with van der Waals surface area (Å²) in [4.78, 5) is 0. The van der Waals surface area contributed by atoms with Crippen LogP contribution in [0, 0.1) is 0 Å². The number of hydrogen-bond donors (Lipinski definition) is 2. The molecule has 106 valence electrons. The van der Waals surface area contributed by atoms with Crippen LogP contribution >= 0.6 is 7.14 Å². The predicted octanol–water partition coefficient (Wildman–Crippen LogP) is 1.74. The van der Waals surface area contributed by atoms with Crippen LogP contribution in [0.3, 0.4) is 0 Å². The molecule has 0 unspecified atom stereocenters. The van der Waals surface area contributed by atoms with Crippen LogP contribution < -0.4 is 10.6 Å². The predicted molar refractivity (Wildman–Crippen MR) is 82.3 cm³/mol. The van der Waals surface area contributed by atoms with Crippen LogP contribution in [0.15, 0.2) is 60.7 Å². The standard InChI is InChI=1S/C16H19O3P/c17-13-14(18)11-12-20(19,15-7-3-1-4-8-15)16-9-5-2-6-10-16/h1-10,14,17-18H,11-13H2/t14-/m1/s1. The Bertz CT molecular complexity index is 525. The van der Waals surface area contributed by atoms with E-state index >= 15 is 0 Å². The van der Waals surface area contributed by atoms with Gasteiger partial charge < -0.3 is 14.8 Å². The maximum absolute atomic E-state index is 13.4. The lowest BCUT2D eigenvalue weighted by molar-refractivity contribution is 0.0929. The average molecular weight is 290 g/mol. The summed E-state index contributed by atoms with van der Waals surface area (Å²) >= 11 is 0. The maximum Gasteiger partial charge on any atom is 0.143 e. The monoisotopic (exact) mass is 290 g/mol. The Morgan fingerprint density at radius 2 is 1.35 bits per heavy atom. The molecule has 0 radical (unpaired) electrons. The first-order valence-corrected chi connectivity index (χ1v) is 8.55. The van der Waals surface area contributed by atoms with Crippen LogP contribution in [0.2, 0.25) is 0 Å². The summed E-state index contributed by atoms with van der Waals surface area (Å²) in [5.41, 5.74) is 0. The zero-order valence-electron chi connectivity index (χ0n) is 11.2. The molecule has 0 fully saturated rings. The smallest absolute Gasteiger partial charge is 0.143 e. The molecule has 0 spiro atoms. The third-order valence-electron chi connectivity index (χ3n) is 3.33. The van der Waals surface area contributed by atoms with Crippen LogP contribution in [0.5, 0.6) is 0 Å². The summed E-state index contributed by atoms with van der Waals surface area (Å²) in [6, 6.07) is 18.7. The minimum absolute atomic E-state index is 0.302. The van der Waals surface area contributed by atoms with E-state index in [4.69, 9.17) is 5.11 Å². The van der Waals surface area contributed by atoms with Crippen molar-refractivity contribution in [3.05, 3.63) is 60.7 Å². The van der Waals surface area contributed by atoms with Crippen molar-refractivity contribution in [2.24, 2.45) is 0 Å². The summed E-state index contributed by atoms with van der Waals surface area (Å²) < 4.78 is 13.4. The number of hydrogen-bond acceptors (Lipinski definition) is 3. The molecule has 0 aromatic heterocycles. The van der Waals surface area contributed by atoms with E-state index < -0.39 is 13.2 Å². The van der Waals surface area contributed by atoms with Gasteiger partial charge in [-0.2, -0.15) is 0 Å². The molecule has 3 nitrogen and oxygen atoms in total. The van der Waals surface area contributed by atoms with Crippen molar-refractivity contribution in [3.63, 3.8) is 0 Å². The fourth-order valence-corrected chi connectivity index (χ4v) is 4.95. The van der Waals surface area contributed by atoms with Gasteiger partial charge in [0, 0.05) is 16.8 Å². The Morgan fingerprint density at radius 1 is 0.900 bits per heavy atom. The Balaban J connectivity index is 2.37. The van der Waals surface area contributed by atoms with Crippen molar-refractivity contribution in [2.75, 3.05) is 12.8 Å². The molecular weight excluding hydrogens is 271 g/mol. The Morgan fingerprint density at radius 3 is 1.75 bits per heavy atom. The minimum Gasteiger partial charge on any atom is -0.394 e. The van der Waals surface area contributed by atoms with Crippen molar-refractivity contribution < 1.29 is 14.8 Å². The van der Waals surface area contributed by atoms with Gasteiger partial charge in [0.25, 0.3) is 0 Å². The van der Waals surface area contributed by atoms with Gasteiger partial charge in [-0.15, -0.1) is 0 Å². The highest BCUT2D eigenvalue weighted by molar-refractivity contribution is 7.78. The number of benzene rings is 2. The minimum atomic E-state index is -2.76. The third-order valence-corrected chi connectivity index (χ3v) is 6.49. The molecule has 1 atom stereocenters. The Labute approximate surface area is 119 Å². The van der Waals surface area contributed by atoms with E-state index in [9.17, 15) is 9.67 Å². The van der Waals surface area contributed by atoms with E-state index in [1.54, 1.807) is 0 Å². The highest BCUT2D eigenvalue weighted by Crippen LogP contribution is 2.44. The van der Waals surface area contributed by atoms with Crippen molar-refractivity contribution in [1.29, 1.82) is 0 Å². The molecule has 4 heteroatoms. The first-order chi connectivity index (χ1) is 9.66. The van der Waals surface area contributed by atoms with Crippen LogP contribution in [-0.2, 0) is 4.57 Å². The molecule has 2 rings (SSSR count). The zero-order valence-corrected chi connectivity index (χ0v) is 12.1. The van der Waals surface area contributed by atoms with Gasteiger partial charge >= 0.3 is 0 Å². The van der Waals surface area contributed by atoms with E-state index in [2.05, 4.69) is 0 Å². The van der Waals surface area contributed by atoms with Crippen molar-refractivity contribution in [2.45, 2.75) is 12.5 Å². The summed E-state index contributed by atoms with van der Waals surface area (Å²) in [6.07, 6.45) is -0.156. The maximum atomic E-state index is 13.4. The van der Waals surface area contributed by atoms with Crippen molar-refractivity contribution in [1.82, 2.24) is 0 Å². The lowest BCUT2D eigenvalue weighted by Gasteiger charge is -2.20. The summed E-state index contributed by atoms with van der Waals surface area (Å²) in [7, 11) is -2.76. The lowest BCUT2D eigenvalue weighted by Crippen LogP contribution is -2.22. The van der Waals surface area contributed by atoms with Gasteiger partial charge in [-0.1, -0.05) is 60.7 Å². The normalized spacial score (nSPS) is 13.1. The average Bonchev–Trinajstić information content (AvgIpc) is 2.54. The molecular formula is C16H19O3P. The van der Waals surface area contributed by atoms with Crippen LogP contribution in [0.25, 0.3) is 0 Å². The number of aliphatic hydroxyl groups excluding tert-OH is 2. The first-order valence-electron chi connectivity index (χ1n) is 6.66. The molecule has 2 aromatic rings. The van der Waals surface area contributed by atoms with Crippen molar-refractivity contribution >= 4 is 17.8 Å². The second kappa shape index (κ2) is 6.85. The SMILES string of the molecule is O=P(CC[C@@H](O)CO)(c1ccccc1)c1ccccc1. The molecule has 2 aromatic carbocycles. The fourth-order valence-electron chi connectivity index (χ4n) is 2.17. The highest BCUT2D eigenvalue weighted by atomic mass is 31.2. The van der Waals surface area contributed by atoms with E-state index in [0.29, 0.717) is 12.6 Å². The molecule has 0 bridgehead atoms. The largest absolute Gasteiger partial charge is 0.394 e. The summed E-state index contributed by atoms with van der Waals surface area (Å²) in [5.74, 6) is 0. The molecule has 2 N–H and O–H groups in total. The summed E-state index contributed by atoms with van der Waals surface area (Å²) in [6.45, 7) is -0.302. The van der Waals surface area contributed by atoms with Gasteiger partial charge in [0.2, 0.25) is 0 Å². The van der Waals surface area contributed by atoms with Gasteiger partial charge in [0.1, 0.15) is 7.14 Å². The Hall–Kier alpha value is -1.41. The fraction of sp³-hybridized carbons (Fsp3) is 0.250. The highest BCUT2D eigenvalue weighted by Gasteiger charge is 2.27.